The molecule has 8 heteroatoms. The van der Waals surface area contributed by atoms with Gasteiger partial charge in [0.25, 0.3) is 0 Å². The Morgan fingerprint density at radius 2 is 1.66 bits per heavy atom. The molecule has 0 aromatic heterocycles. The highest BCUT2D eigenvalue weighted by Crippen LogP contribution is 2.64. The largest absolute Gasteiger partial charge is 0.480 e. The van der Waals surface area contributed by atoms with E-state index in [0.717, 1.165) is 12.8 Å². The summed E-state index contributed by atoms with van der Waals surface area (Å²) < 4.78 is 10.9. The van der Waals surface area contributed by atoms with Crippen molar-refractivity contribution in [3.8, 4) is 11.1 Å². The fourth-order valence-corrected chi connectivity index (χ4v) is 6.29. The number of likely N-dealkylation sites (tertiary alicyclic amines) is 1. The molecule has 1 heterocycles. The van der Waals surface area contributed by atoms with Gasteiger partial charge >= 0.3 is 12.1 Å². The van der Waals surface area contributed by atoms with Gasteiger partial charge in [0, 0.05) is 25.0 Å². The maximum absolute atomic E-state index is 13.0. The van der Waals surface area contributed by atoms with E-state index in [-0.39, 0.29) is 48.5 Å². The Labute approximate surface area is 203 Å². The van der Waals surface area contributed by atoms with Crippen molar-refractivity contribution in [2.75, 3.05) is 26.3 Å². The Kier molecular flexibility index (Phi) is 5.29. The van der Waals surface area contributed by atoms with Gasteiger partial charge in [-0.15, -0.1) is 0 Å². The third-order valence-corrected chi connectivity index (χ3v) is 8.08. The molecule has 0 spiro atoms. The number of amides is 2. The van der Waals surface area contributed by atoms with Crippen LogP contribution in [0.5, 0.6) is 0 Å². The summed E-state index contributed by atoms with van der Waals surface area (Å²) >= 11 is 0. The Morgan fingerprint density at radius 3 is 2.31 bits per heavy atom. The SMILES string of the molecule is O=C(O)COC1CN(C(=O)C23CC(NC(=O)OCC4c5ccccc5-c5ccccc54)CC2C3)C1. The zero-order valence-electron chi connectivity index (χ0n) is 19.3. The van der Waals surface area contributed by atoms with Crippen LogP contribution in [0.25, 0.3) is 11.1 Å². The Morgan fingerprint density at radius 1 is 1.00 bits per heavy atom. The van der Waals surface area contributed by atoms with E-state index in [0.29, 0.717) is 19.5 Å². The normalized spacial score (nSPS) is 26.3. The maximum Gasteiger partial charge on any atom is 0.407 e. The molecular weight excluding hydrogens is 448 g/mol. The van der Waals surface area contributed by atoms with Crippen LogP contribution in [-0.2, 0) is 19.1 Å². The van der Waals surface area contributed by atoms with Crippen LogP contribution >= 0.6 is 0 Å². The van der Waals surface area contributed by atoms with E-state index in [4.69, 9.17) is 14.6 Å². The van der Waals surface area contributed by atoms with Crippen molar-refractivity contribution in [1.82, 2.24) is 10.2 Å². The number of hydrogen-bond acceptors (Lipinski definition) is 5. The molecule has 2 saturated carbocycles. The highest BCUT2D eigenvalue weighted by Gasteiger charge is 2.66. The highest BCUT2D eigenvalue weighted by molar-refractivity contribution is 5.87. The molecule has 6 rings (SSSR count). The fraction of sp³-hybridized carbons (Fsp3) is 0.444. The summed E-state index contributed by atoms with van der Waals surface area (Å²) in [5.74, 6) is -0.600. The van der Waals surface area contributed by atoms with Crippen LogP contribution in [0.15, 0.2) is 48.5 Å². The molecule has 3 fully saturated rings. The minimum atomic E-state index is -1.01. The lowest BCUT2D eigenvalue weighted by Crippen LogP contribution is -2.57. The standard InChI is InChI=1S/C27H28N2O6/c30-24(31)15-34-18-12-29(13-18)25(32)27-10-16(27)9-17(11-27)28-26(33)35-14-23-21-7-3-1-5-19(21)20-6-2-4-8-22(20)23/h1-8,16-18,23H,9-15H2,(H,28,33)(H,30,31). The predicted octanol–water partition coefficient (Wildman–Crippen LogP) is 3.01. The number of nitrogens with one attached hydrogen (secondary N) is 1. The molecule has 2 aromatic carbocycles. The predicted molar refractivity (Wildman–Crippen MR) is 126 cm³/mol. The number of alkyl carbamates (subject to hydrolysis) is 1. The number of aliphatic carboxylic acids is 1. The first-order chi connectivity index (χ1) is 16.9. The van der Waals surface area contributed by atoms with Gasteiger partial charge in [-0.1, -0.05) is 48.5 Å². The second-order valence-electron chi connectivity index (χ2n) is 10.2. The minimum absolute atomic E-state index is 0.0146. The molecule has 2 N–H and O–H groups in total. The molecule has 1 aliphatic heterocycles. The maximum atomic E-state index is 13.0. The summed E-state index contributed by atoms with van der Waals surface area (Å²) in [6.07, 6.45) is 1.61. The van der Waals surface area contributed by atoms with Gasteiger partial charge in [0.15, 0.2) is 0 Å². The number of benzene rings is 2. The Hall–Kier alpha value is -3.39. The van der Waals surface area contributed by atoms with Gasteiger partial charge in [-0.2, -0.15) is 0 Å². The first-order valence-corrected chi connectivity index (χ1v) is 12.2. The number of carboxylic acid groups (broad SMARTS) is 1. The van der Waals surface area contributed by atoms with Gasteiger partial charge in [0.2, 0.25) is 5.91 Å². The molecule has 8 nitrogen and oxygen atoms in total. The lowest BCUT2D eigenvalue weighted by atomic mass is 9.97. The van der Waals surface area contributed by atoms with Crippen molar-refractivity contribution in [3.05, 3.63) is 59.7 Å². The van der Waals surface area contributed by atoms with E-state index >= 15 is 0 Å². The summed E-state index contributed by atoms with van der Waals surface area (Å²) in [5, 5.41) is 11.7. The topological polar surface area (TPSA) is 105 Å². The highest BCUT2D eigenvalue weighted by atomic mass is 16.5. The number of hydrogen-bond donors (Lipinski definition) is 2. The van der Waals surface area contributed by atoms with E-state index in [2.05, 4.69) is 29.6 Å². The van der Waals surface area contributed by atoms with Crippen LogP contribution in [0.2, 0.25) is 0 Å². The molecule has 0 bridgehead atoms. The number of carbonyl (C=O) groups is 3. The molecule has 182 valence electrons. The van der Waals surface area contributed by atoms with Crippen molar-refractivity contribution >= 4 is 18.0 Å². The van der Waals surface area contributed by atoms with Crippen LogP contribution in [0.3, 0.4) is 0 Å². The summed E-state index contributed by atoms with van der Waals surface area (Å²) in [4.78, 5) is 38.1. The molecule has 4 aliphatic rings. The van der Waals surface area contributed by atoms with Crippen molar-refractivity contribution in [1.29, 1.82) is 0 Å². The molecule has 3 unspecified atom stereocenters. The van der Waals surface area contributed by atoms with Crippen molar-refractivity contribution in [2.24, 2.45) is 11.3 Å². The van der Waals surface area contributed by atoms with E-state index in [1.54, 1.807) is 4.90 Å². The van der Waals surface area contributed by atoms with Crippen LogP contribution in [0, 0.1) is 11.3 Å². The number of nitrogens with zero attached hydrogens (tertiary/aromatic N) is 1. The lowest BCUT2D eigenvalue weighted by molar-refractivity contribution is -0.157. The monoisotopic (exact) mass is 476 g/mol. The average Bonchev–Trinajstić information content (AvgIpc) is 3.24. The van der Waals surface area contributed by atoms with Crippen LogP contribution in [0.4, 0.5) is 4.79 Å². The zero-order chi connectivity index (χ0) is 24.2. The van der Waals surface area contributed by atoms with Crippen molar-refractivity contribution in [3.63, 3.8) is 0 Å². The summed E-state index contributed by atoms with van der Waals surface area (Å²) in [6.45, 7) is 0.800. The van der Waals surface area contributed by atoms with Crippen molar-refractivity contribution in [2.45, 2.75) is 37.3 Å². The van der Waals surface area contributed by atoms with Crippen molar-refractivity contribution < 1.29 is 29.0 Å². The number of carboxylic acids is 1. The lowest BCUT2D eigenvalue weighted by Gasteiger charge is -2.40. The van der Waals surface area contributed by atoms with Crippen LogP contribution in [-0.4, -0.2) is 66.4 Å². The second kappa shape index (κ2) is 8.37. The van der Waals surface area contributed by atoms with E-state index < -0.39 is 12.1 Å². The number of fused-ring (bicyclic) bond motifs is 4. The fourth-order valence-electron chi connectivity index (χ4n) is 6.29. The molecule has 35 heavy (non-hydrogen) atoms. The number of rotatable bonds is 7. The first-order valence-electron chi connectivity index (χ1n) is 12.2. The summed E-state index contributed by atoms with van der Waals surface area (Å²) in [7, 11) is 0. The van der Waals surface area contributed by atoms with Crippen LogP contribution in [0.1, 0.15) is 36.3 Å². The molecular formula is C27H28N2O6. The zero-order valence-corrected chi connectivity index (χ0v) is 19.3. The van der Waals surface area contributed by atoms with Gasteiger partial charge in [0.1, 0.15) is 13.2 Å². The third-order valence-electron chi connectivity index (χ3n) is 8.08. The number of carbonyl (C=O) groups excluding carboxylic acids is 2. The van der Waals surface area contributed by atoms with Gasteiger partial charge in [-0.05, 0) is 47.4 Å². The van der Waals surface area contributed by atoms with Gasteiger partial charge in [-0.25, -0.2) is 9.59 Å². The smallest absolute Gasteiger partial charge is 0.407 e. The first kappa shape index (κ1) is 22.1. The van der Waals surface area contributed by atoms with E-state index in [1.165, 1.54) is 22.3 Å². The molecule has 2 amide bonds. The minimum Gasteiger partial charge on any atom is -0.480 e. The average molecular weight is 477 g/mol. The van der Waals surface area contributed by atoms with Gasteiger partial charge < -0.3 is 24.8 Å². The molecule has 3 atom stereocenters. The molecule has 3 aliphatic carbocycles. The van der Waals surface area contributed by atoms with Gasteiger partial charge in [-0.3, -0.25) is 4.79 Å². The third kappa shape index (κ3) is 3.86. The molecule has 2 aromatic rings. The van der Waals surface area contributed by atoms with E-state index in [9.17, 15) is 14.4 Å². The quantitative estimate of drug-likeness (QED) is 0.637. The second-order valence-corrected chi connectivity index (χ2v) is 10.2. The van der Waals surface area contributed by atoms with Crippen LogP contribution < -0.4 is 5.32 Å². The Balaban J connectivity index is 1.01. The molecule has 1 saturated heterocycles. The molecule has 0 radical (unpaired) electrons. The van der Waals surface area contributed by atoms with Gasteiger partial charge in [0.05, 0.1) is 11.5 Å². The Bertz CT molecular complexity index is 1150. The van der Waals surface area contributed by atoms with E-state index in [1.807, 2.05) is 24.3 Å². The number of ether oxygens (including phenoxy) is 2. The summed E-state index contributed by atoms with van der Waals surface area (Å²) in [6, 6.07) is 16.4. The summed E-state index contributed by atoms with van der Waals surface area (Å²) in [5.41, 5.74) is 4.34.